The minimum Gasteiger partial charge on any atom is -0.288 e. The van der Waals surface area contributed by atoms with Crippen LogP contribution < -0.4 is 5.48 Å². The van der Waals surface area contributed by atoms with Crippen LogP contribution >= 0.6 is 0 Å². The molecule has 1 fully saturated rings. The van der Waals surface area contributed by atoms with E-state index in [4.69, 9.17) is 5.21 Å². The second-order valence-corrected chi connectivity index (χ2v) is 2.49. The largest absolute Gasteiger partial charge is 0.288 e. The van der Waals surface area contributed by atoms with Crippen LogP contribution in [0.1, 0.15) is 25.7 Å². The first kappa shape index (κ1) is 7.28. The highest BCUT2D eigenvalue weighted by Crippen LogP contribution is 2.22. The van der Waals surface area contributed by atoms with E-state index < -0.39 is 5.91 Å². The van der Waals surface area contributed by atoms with Crippen molar-refractivity contribution >= 4 is 5.91 Å². The molecule has 0 spiro atoms. The van der Waals surface area contributed by atoms with E-state index in [1.165, 1.54) is 18.9 Å². The molecular formula is C7H11NO2. The molecule has 56 valence electrons. The number of nitrogens with one attached hydrogen (secondary N) is 1. The summed E-state index contributed by atoms with van der Waals surface area (Å²) in [5.41, 5.74) is 2.72. The maximum Gasteiger partial charge on any atom is 0.267 e. The molecule has 1 saturated carbocycles. The number of hydroxylamine groups is 1. The van der Waals surface area contributed by atoms with Crippen molar-refractivity contribution < 1.29 is 10.0 Å². The molecule has 0 aliphatic heterocycles. The van der Waals surface area contributed by atoms with Gasteiger partial charge in [0.25, 0.3) is 5.91 Å². The number of allylic oxidation sites excluding steroid dienone is 1. The zero-order chi connectivity index (χ0) is 7.40. The second-order valence-electron chi connectivity index (χ2n) is 2.49. The third-order valence-corrected chi connectivity index (χ3v) is 1.69. The first-order chi connectivity index (χ1) is 4.83. The molecule has 1 aliphatic rings. The lowest BCUT2D eigenvalue weighted by molar-refractivity contribution is -0.124. The number of amides is 1. The molecule has 0 aromatic rings. The molecule has 10 heavy (non-hydrogen) atoms. The van der Waals surface area contributed by atoms with Crippen molar-refractivity contribution in [2.24, 2.45) is 0 Å². The Hall–Kier alpha value is -0.830. The van der Waals surface area contributed by atoms with Gasteiger partial charge in [0.1, 0.15) is 0 Å². The minimum atomic E-state index is -0.406. The molecule has 3 nitrogen and oxygen atoms in total. The van der Waals surface area contributed by atoms with Gasteiger partial charge in [-0.3, -0.25) is 10.0 Å². The van der Waals surface area contributed by atoms with Gasteiger partial charge in [0, 0.05) is 6.08 Å². The third-order valence-electron chi connectivity index (χ3n) is 1.69. The van der Waals surface area contributed by atoms with Crippen LogP contribution in [0, 0.1) is 0 Å². The molecule has 0 aromatic carbocycles. The molecule has 0 aromatic heterocycles. The molecule has 1 aliphatic carbocycles. The Balaban J connectivity index is 2.45. The normalized spacial score (nSPS) is 17.1. The van der Waals surface area contributed by atoms with E-state index in [9.17, 15) is 4.79 Å². The Labute approximate surface area is 59.7 Å². The SMILES string of the molecule is O=C(C=C1CCCC1)NO. The van der Waals surface area contributed by atoms with Crippen molar-refractivity contribution in [3.63, 3.8) is 0 Å². The molecule has 0 atom stereocenters. The summed E-state index contributed by atoms with van der Waals surface area (Å²) in [6.07, 6.45) is 5.84. The van der Waals surface area contributed by atoms with Gasteiger partial charge in [0.05, 0.1) is 0 Å². The summed E-state index contributed by atoms with van der Waals surface area (Å²) in [5.74, 6) is -0.406. The quantitative estimate of drug-likeness (QED) is 0.325. The highest BCUT2D eigenvalue weighted by molar-refractivity contribution is 5.87. The zero-order valence-electron chi connectivity index (χ0n) is 5.76. The van der Waals surface area contributed by atoms with Crippen LogP contribution in [0.25, 0.3) is 0 Å². The van der Waals surface area contributed by atoms with Crippen molar-refractivity contribution in [1.29, 1.82) is 0 Å². The van der Waals surface area contributed by atoms with Crippen molar-refractivity contribution in [2.45, 2.75) is 25.7 Å². The highest BCUT2D eigenvalue weighted by Gasteiger charge is 2.07. The van der Waals surface area contributed by atoms with Gasteiger partial charge in [-0.2, -0.15) is 0 Å². The van der Waals surface area contributed by atoms with E-state index in [0.29, 0.717) is 0 Å². The van der Waals surface area contributed by atoms with Crippen LogP contribution in [-0.4, -0.2) is 11.1 Å². The Morgan fingerprint density at radius 2 is 2.10 bits per heavy atom. The van der Waals surface area contributed by atoms with Crippen molar-refractivity contribution in [3.05, 3.63) is 11.6 Å². The van der Waals surface area contributed by atoms with Gasteiger partial charge in [-0.15, -0.1) is 0 Å². The molecule has 0 unspecified atom stereocenters. The smallest absolute Gasteiger partial charge is 0.267 e. The number of hydrogen-bond acceptors (Lipinski definition) is 2. The van der Waals surface area contributed by atoms with Crippen LogP contribution in [0.5, 0.6) is 0 Å². The summed E-state index contributed by atoms with van der Waals surface area (Å²) in [4.78, 5) is 10.5. The molecule has 3 heteroatoms. The third kappa shape index (κ3) is 1.84. The molecule has 1 rings (SSSR count). The fraction of sp³-hybridized carbons (Fsp3) is 0.571. The zero-order valence-corrected chi connectivity index (χ0v) is 5.76. The predicted molar refractivity (Wildman–Crippen MR) is 36.5 cm³/mol. The molecule has 1 amide bonds. The van der Waals surface area contributed by atoms with E-state index >= 15 is 0 Å². The van der Waals surface area contributed by atoms with Crippen LogP contribution in [0.2, 0.25) is 0 Å². The Morgan fingerprint density at radius 1 is 1.50 bits per heavy atom. The van der Waals surface area contributed by atoms with Crippen molar-refractivity contribution in [1.82, 2.24) is 5.48 Å². The maximum atomic E-state index is 10.5. The molecule has 0 heterocycles. The number of carbonyl (C=O) groups is 1. The average Bonchev–Trinajstić information content (AvgIpc) is 2.40. The monoisotopic (exact) mass is 141 g/mol. The van der Waals surface area contributed by atoms with E-state index in [-0.39, 0.29) is 0 Å². The maximum absolute atomic E-state index is 10.5. The molecule has 0 radical (unpaired) electrons. The van der Waals surface area contributed by atoms with Gasteiger partial charge in [-0.25, -0.2) is 5.48 Å². The van der Waals surface area contributed by atoms with Gasteiger partial charge in [-0.1, -0.05) is 5.57 Å². The Kier molecular flexibility index (Phi) is 2.45. The number of hydrogen-bond donors (Lipinski definition) is 2. The second kappa shape index (κ2) is 3.37. The fourth-order valence-electron chi connectivity index (χ4n) is 1.19. The first-order valence-electron chi connectivity index (χ1n) is 3.46. The lowest BCUT2D eigenvalue weighted by atomic mass is 10.2. The highest BCUT2D eigenvalue weighted by atomic mass is 16.5. The van der Waals surface area contributed by atoms with E-state index in [2.05, 4.69) is 0 Å². The standard InChI is InChI=1S/C7H11NO2/c9-7(8-10)5-6-3-1-2-4-6/h5,10H,1-4H2,(H,8,9). The van der Waals surface area contributed by atoms with Crippen molar-refractivity contribution in [3.8, 4) is 0 Å². The van der Waals surface area contributed by atoms with Gasteiger partial charge in [0.15, 0.2) is 0 Å². The van der Waals surface area contributed by atoms with Crippen molar-refractivity contribution in [2.75, 3.05) is 0 Å². The van der Waals surface area contributed by atoms with Gasteiger partial charge in [-0.05, 0) is 25.7 Å². The summed E-state index contributed by atoms with van der Waals surface area (Å²) in [5, 5.41) is 8.15. The van der Waals surface area contributed by atoms with E-state index in [1.807, 2.05) is 0 Å². The van der Waals surface area contributed by atoms with Crippen LogP contribution in [0.3, 0.4) is 0 Å². The summed E-state index contributed by atoms with van der Waals surface area (Å²) in [6.45, 7) is 0. The Morgan fingerprint density at radius 3 is 2.60 bits per heavy atom. The van der Waals surface area contributed by atoms with E-state index in [1.54, 1.807) is 5.48 Å². The lowest BCUT2D eigenvalue weighted by Gasteiger charge is -1.92. The van der Waals surface area contributed by atoms with Gasteiger partial charge >= 0.3 is 0 Å². The predicted octanol–water partition coefficient (Wildman–Crippen LogP) is 0.992. The van der Waals surface area contributed by atoms with Gasteiger partial charge < -0.3 is 0 Å². The first-order valence-corrected chi connectivity index (χ1v) is 3.46. The minimum absolute atomic E-state index is 0.406. The molecule has 0 bridgehead atoms. The van der Waals surface area contributed by atoms with Crippen LogP contribution in [-0.2, 0) is 4.79 Å². The molecule has 2 N–H and O–H groups in total. The summed E-state index contributed by atoms with van der Waals surface area (Å²) in [6, 6.07) is 0. The molecule has 0 saturated heterocycles. The summed E-state index contributed by atoms with van der Waals surface area (Å²) < 4.78 is 0. The lowest BCUT2D eigenvalue weighted by Crippen LogP contribution is -2.15. The fourth-order valence-corrected chi connectivity index (χ4v) is 1.19. The summed E-state index contributed by atoms with van der Waals surface area (Å²) in [7, 11) is 0. The van der Waals surface area contributed by atoms with Gasteiger partial charge in [0.2, 0.25) is 0 Å². The average molecular weight is 141 g/mol. The molecular weight excluding hydrogens is 130 g/mol. The topological polar surface area (TPSA) is 49.3 Å². The Bertz CT molecular complexity index is 155. The van der Waals surface area contributed by atoms with Crippen LogP contribution in [0.15, 0.2) is 11.6 Å². The summed E-state index contributed by atoms with van der Waals surface area (Å²) >= 11 is 0. The number of carbonyl (C=O) groups excluding carboxylic acids is 1. The van der Waals surface area contributed by atoms with E-state index in [0.717, 1.165) is 18.4 Å². The number of rotatable bonds is 1. The van der Waals surface area contributed by atoms with Crippen LogP contribution in [0.4, 0.5) is 0 Å².